The third kappa shape index (κ3) is 1.62. The smallest absolute Gasteiger partial charge is 0.335 e. The van der Waals surface area contributed by atoms with Crippen LogP contribution in [0.1, 0.15) is 10.4 Å². The Morgan fingerprint density at radius 1 is 1.11 bits per heavy atom. The number of aromatic carboxylic acids is 1. The van der Waals surface area contributed by atoms with Crippen molar-refractivity contribution in [3.63, 3.8) is 0 Å². The number of carbonyl (C=O) groups is 1. The fraction of sp³-hybridized carbons (Fsp3) is 0. The molecule has 0 saturated heterocycles. The molecule has 0 aliphatic carbocycles. The van der Waals surface area contributed by atoms with Crippen LogP contribution < -0.4 is 0 Å². The van der Waals surface area contributed by atoms with Crippen molar-refractivity contribution in [1.29, 1.82) is 0 Å². The summed E-state index contributed by atoms with van der Waals surface area (Å²) in [6.45, 7) is 0. The molecule has 1 aromatic heterocycles. The van der Waals surface area contributed by atoms with Crippen molar-refractivity contribution >= 4 is 17.0 Å². The van der Waals surface area contributed by atoms with Gasteiger partial charge in [0.1, 0.15) is 5.52 Å². The van der Waals surface area contributed by atoms with Crippen LogP contribution >= 0.6 is 0 Å². The molecular weight excluding hydrogens is 230 g/mol. The summed E-state index contributed by atoms with van der Waals surface area (Å²) < 4.78 is 1.63. The average Bonchev–Trinajstić information content (AvgIpc) is 2.82. The van der Waals surface area contributed by atoms with Crippen LogP contribution in [0.5, 0.6) is 0 Å². The van der Waals surface area contributed by atoms with Gasteiger partial charge in [0.15, 0.2) is 0 Å². The summed E-state index contributed by atoms with van der Waals surface area (Å²) in [6, 6.07) is 14.2. The fourth-order valence-corrected chi connectivity index (χ4v) is 1.81. The van der Waals surface area contributed by atoms with Crippen LogP contribution in [0.2, 0.25) is 0 Å². The van der Waals surface area contributed by atoms with Crippen LogP contribution in [0.25, 0.3) is 16.7 Å². The van der Waals surface area contributed by atoms with Crippen LogP contribution in [0, 0.1) is 0 Å². The van der Waals surface area contributed by atoms with Crippen molar-refractivity contribution in [2.24, 2.45) is 0 Å². The van der Waals surface area contributed by atoms with Crippen LogP contribution in [0.3, 0.4) is 0 Å². The van der Waals surface area contributed by atoms with Gasteiger partial charge in [0, 0.05) is 0 Å². The van der Waals surface area contributed by atoms with Gasteiger partial charge in [0.25, 0.3) is 0 Å². The van der Waals surface area contributed by atoms with Crippen molar-refractivity contribution in [1.82, 2.24) is 15.0 Å². The molecule has 18 heavy (non-hydrogen) atoms. The Bertz CT molecular complexity index is 719. The molecular formula is C13H9N3O2. The van der Waals surface area contributed by atoms with Crippen molar-refractivity contribution in [3.05, 3.63) is 54.1 Å². The predicted molar refractivity (Wildman–Crippen MR) is 65.8 cm³/mol. The maximum atomic E-state index is 11.0. The highest BCUT2D eigenvalue weighted by molar-refractivity contribution is 5.92. The highest BCUT2D eigenvalue weighted by Crippen LogP contribution is 2.17. The lowest BCUT2D eigenvalue weighted by molar-refractivity contribution is 0.0697. The van der Waals surface area contributed by atoms with Gasteiger partial charge in [0.2, 0.25) is 0 Å². The molecule has 1 heterocycles. The van der Waals surface area contributed by atoms with E-state index in [1.54, 1.807) is 16.8 Å². The lowest BCUT2D eigenvalue weighted by Gasteiger charge is -2.01. The highest BCUT2D eigenvalue weighted by atomic mass is 16.4. The minimum atomic E-state index is -0.960. The molecule has 0 unspecified atom stereocenters. The van der Waals surface area contributed by atoms with Crippen LogP contribution in [-0.4, -0.2) is 26.1 Å². The molecule has 1 N–H and O–H groups in total. The van der Waals surface area contributed by atoms with Crippen LogP contribution in [-0.2, 0) is 0 Å². The molecule has 3 rings (SSSR count). The molecule has 0 amide bonds. The molecule has 3 aromatic rings. The zero-order chi connectivity index (χ0) is 12.5. The number of benzene rings is 2. The van der Waals surface area contributed by atoms with Gasteiger partial charge < -0.3 is 5.11 Å². The maximum Gasteiger partial charge on any atom is 0.335 e. The molecule has 0 fully saturated rings. The van der Waals surface area contributed by atoms with Crippen molar-refractivity contribution < 1.29 is 9.90 Å². The Morgan fingerprint density at radius 3 is 2.61 bits per heavy atom. The molecule has 0 saturated carbocycles. The molecule has 5 heteroatoms. The molecule has 0 aliphatic heterocycles. The van der Waals surface area contributed by atoms with Gasteiger partial charge in [-0.25, -0.2) is 9.48 Å². The maximum absolute atomic E-state index is 11.0. The third-order valence-corrected chi connectivity index (χ3v) is 2.69. The fourth-order valence-electron chi connectivity index (χ4n) is 1.81. The first-order chi connectivity index (χ1) is 8.75. The summed E-state index contributed by atoms with van der Waals surface area (Å²) in [6.07, 6.45) is 0. The SMILES string of the molecule is O=C(O)c1ccc2nnn(-c3ccccc3)c2c1. The first kappa shape index (κ1) is 10.5. The van der Waals surface area contributed by atoms with Gasteiger partial charge >= 0.3 is 5.97 Å². The monoisotopic (exact) mass is 239 g/mol. The van der Waals surface area contributed by atoms with Crippen LogP contribution in [0.4, 0.5) is 0 Å². The van der Waals surface area contributed by atoms with Gasteiger partial charge in [-0.1, -0.05) is 23.4 Å². The number of para-hydroxylation sites is 1. The molecule has 0 atom stereocenters. The Hall–Kier alpha value is -2.69. The van der Waals surface area contributed by atoms with Crippen LogP contribution in [0.15, 0.2) is 48.5 Å². The van der Waals surface area contributed by atoms with E-state index in [-0.39, 0.29) is 5.56 Å². The molecule has 2 aromatic carbocycles. The quantitative estimate of drug-likeness (QED) is 0.743. The summed E-state index contributed by atoms with van der Waals surface area (Å²) in [4.78, 5) is 11.0. The van der Waals surface area contributed by atoms with Gasteiger partial charge in [-0.3, -0.25) is 0 Å². The van der Waals surface area contributed by atoms with E-state index in [9.17, 15) is 4.79 Å². The summed E-state index contributed by atoms with van der Waals surface area (Å²) in [7, 11) is 0. The second kappa shape index (κ2) is 3.96. The topological polar surface area (TPSA) is 68.0 Å². The Kier molecular flexibility index (Phi) is 2.30. The largest absolute Gasteiger partial charge is 0.478 e. The second-order valence-electron chi connectivity index (χ2n) is 3.85. The van der Waals surface area contributed by atoms with Crippen molar-refractivity contribution in [2.75, 3.05) is 0 Å². The molecule has 5 nitrogen and oxygen atoms in total. The molecule has 0 bridgehead atoms. The summed E-state index contributed by atoms with van der Waals surface area (Å²) in [5.74, 6) is -0.960. The molecule has 0 aliphatic rings. The molecule has 0 radical (unpaired) electrons. The Balaban J connectivity index is 2.24. The van der Waals surface area contributed by atoms with Gasteiger partial charge in [-0.2, -0.15) is 0 Å². The molecule has 88 valence electrons. The van der Waals surface area contributed by atoms with E-state index in [4.69, 9.17) is 5.11 Å². The summed E-state index contributed by atoms with van der Waals surface area (Å²) in [5.41, 5.74) is 2.43. The van der Waals surface area contributed by atoms with E-state index in [0.717, 1.165) is 5.69 Å². The van der Waals surface area contributed by atoms with E-state index < -0.39 is 5.97 Å². The summed E-state index contributed by atoms with van der Waals surface area (Å²) >= 11 is 0. The second-order valence-corrected chi connectivity index (χ2v) is 3.85. The number of carboxylic acid groups (broad SMARTS) is 1. The first-order valence-electron chi connectivity index (χ1n) is 5.40. The van der Waals surface area contributed by atoms with E-state index in [1.807, 2.05) is 30.3 Å². The zero-order valence-electron chi connectivity index (χ0n) is 9.32. The Morgan fingerprint density at radius 2 is 1.89 bits per heavy atom. The number of aromatic nitrogens is 3. The number of hydrogen-bond acceptors (Lipinski definition) is 3. The van der Waals surface area contributed by atoms with E-state index >= 15 is 0 Å². The standard InChI is InChI=1S/C13H9N3O2/c17-13(18)9-6-7-11-12(8-9)16(15-14-11)10-4-2-1-3-5-10/h1-8H,(H,17,18). The normalized spacial score (nSPS) is 10.7. The summed E-state index contributed by atoms with van der Waals surface area (Å²) in [5, 5.41) is 17.0. The lowest BCUT2D eigenvalue weighted by Crippen LogP contribution is -1.99. The molecule has 0 spiro atoms. The van der Waals surface area contributed by atoms with Crippen molar-refractivity contribution in [2.45, 2.75) is 0 Å². The van der Waals surface area contributed by atoms with E-state index in [1.165, 1.54) is 6.07 Å². The first-order valence-corrected chi connectivity index (χ1v) is 5.40. The number of hydrogen-bond donors (Lipinski definition) is 1. The third-order valence-electron chi connectivity index (χ3n) is 2.69. The number of nitrogens with zero attached hydrogens (tertiary/aromatic N) is 3. The lowest BCUT2D eigenvalue weighted by atomic mass is 10.2. The number of rotatable bonds is 2. The Labute approximate surface area is 102 Å². The zero-order valence-corrected chi connectivity index (χ0v) is 9.32. The number of carboxylic acids is 1. The minimum absolute atomic E-state index is 0.224. The van der Waals surface area contributed by atoms with Crippen molar-refractivity contribution in [3.8, 4) is 5.69 Å². The van der Waals surface area contributed by atoms with Gasteiger partial charge in [-0.15, -0.1) is 5.10 Å². The minimum Gasteiger partial charge on any atom is -0.478 e. The van der Waals surface area contributed by atoms with E-state index in [0.29, 0.717) is 11.0 Å². The average molecular weight is 239 g/mol. The van der Waals surface area contributed by atoms with E-state index in [2.05, 4.69) is 10.3 Å². The highest BCUT2D eigenvalue weighted by Gasteiger charge is 2.09. The van der Waals surface area contributed by atoms with Gasteiger partial charge in [0.05, 0.1) is 16.8 Å². The van der Waals surface area contributed by atoms with Gasteiger partial charge in [-0.05, 0) is 30.3 Å². The predicted octanol–water partition coefficient (Wildman–Crippen LogP) is 2.12. The number of fused-ring (bicyclic) bond motifs is 1.